The number of hydrogen-bond acceptors (Lipinski definition) is 5. The predicted octanol–water partition coefficient (Wildman–Crippen LogP) is 5.21. The Balaban J connectivity index is 1.51. The van der Waals surface area contributed by atoms with Gasteiger partial charge < -0.3 is 9.64 Å². The first-order valence-electron chi connectivity index (χ1n) is 9.85. The third-order valence-electron chi connectivity index (χ3n) is 5.13. The predicted molar refractivity (Wildman–Crippen MR) is 116 cm³/mol. The molecule has 1 saturated heterocycles. The Morgan fingerprint density at radius 1 is 1.17 bits per heavy atom. The summed E-state index contributed by atoms with van der Waals surface area (Å²) in [7, 11) is 0. The van der Waals surface area contributed by atoms with Gasteiger partial charge in [-0.3, -0.25) is 0 Å². The van der Waals surface area contributed by atoms with Crippen molar-refractivity contribution < 1.29 is 9.53 Å². The summed E-state index contributed by atoms with van der Waals surface area (Å²) in [6.07, 6.45) is 6.77. The number of carbonyl (C=O) groups excluding carboxylic acids is 1. The average Bonchev–Trinajstić information content (AvgIpc) is 3.11. The summed E-state index contributed by atoms with van der Waals surface area (Å²) in [6.45, 7) is 7.00. The minimum Gasteiger partial charge on any atom is -0.444 e. The van der Waals surface area contributed by atoms with E-state index in [2.05, 4.69) is 21.1 Å². The van der Waals surface area contributed by atoms with E-state index in [1.54, 1.807) is 11.1 Å². The summed E-state index contributed by atoms with van der Waals surface area (Å²) in [5.41, 5.74) is 2.96. The minimum atomic E-state index is -0.479. The zero-order valence-corrected chi connectivity index (χ0v) is 18.6. The lowest BCUT2D eigenvalue weighted by molar-refractivity contribution is 0.0205. The van der Waals surface area contributed by atoms with E-state index in [-0.39, 0.29) is 11.4 Å². The highest BCUT2D eigenvalue weighted by molar-refractivity contribution is 6.33. The average molecular weight is 448 g/mol. The lowest BCUT2D eigenvalue weighted by Gasteiger charge is -2.33. The standard InChI is InChI=1S/C21H23Cl2N5O2/c1-21(2,3)30-20(29)27-8-6-13(7-9-27)14-4-5-17-15(10-25-28(17)12-14)18-16(22)11-24-19(23)26-18/h4-5,10-13H,6-9H2,1-3H3. The fourth-order valence-electron chi connectivity index (χ4n) is 3.68. The molecular formula is C21H23Cl2N5O2. The molecule has 0 saturated carbocycles. The van der Waals surface area contributed by atoms with Crippen molar-refractivity contribution in [3.05, 3.63) is 46.6 Å². The lowest BCUT2D eigenvalue weighted by Crippen LogP contribution is -2.41. The van der Waals surface area contributed by atoms with Crippen molar-refractivity contribution in [2.24, 2.45) is 0 Å². The van der Waals surface area contributed by atoms with E-state index in [4.69, 9.17) is 27.9 Å². The number of rotatable bonds is 2. The van der Waals surface area contributed by atoms with Crippen LogP contribution >= 0.6 is 23.2 Å². The van der Waals surface area contributed by atoms with Crippen molar-refractivity contribution in [2.45, 2.75) is 45.1 Å². The van der Waals surface area contributed by atoms with Crippen LogP contribution in [0.2, 0.25) is 10.3 Å². The molecule has 3 aromatic heterocycles. The van der Waals surface area contributed by atoms with E-state index in [9.17, 15) is 4.79 Å². The molecular weight excluding hydrogens is 425 g/mol. The van der Waals surface area contributed by atoms with Crippen LogP contribution in [0.1, 0.15) is 45.1 Å². The van der Waals surface area contributed by atoms with E-state index >= 15 is 0 Å². The third-order valence-corrected chi connectivity index (χ3v) is 5.59. The van der Waals surface area contributed by atoms with Crippen molar-refractivity contribution in [1.29, 1.82) is 0 Å². The van der Waals surface area contributed by atoms with Gasteiger partial charge in [0.25, 0.3) is 0 Å². The second kappa shape index (κ2) is 8.04. The number of likely N-dealkylation sites (tertiary alicyclic amines) is 1. The van der Waals surface area contributed by atoms with Crippen LogP contribution in [0, 0.1) is 0 Å². The molecule has 3 aromatic rings. The Bertz CT molecular complexity index is 1080. The van der Waals surface area contributed by atoms with Crippen LogP contribution in [0.25, 0.3) is 16.8 Å². The monoisotopic (exact) mass is 447 g/mol. The Kier molecular flexibility index (Phi) is 5.59. The molecule has 4 rings (SSSR count). The molecule has 158 valence electrons. The Morgan fingerprint density at radius 2 is 1.90 bits per heavy atom. The van der Waals surface area contributed by atoms with Gasteiger partial charge in [-0.25, -0.2) is 19.3 Å². The summed E-state index contributed by atoms with van der Waals surface area (Å²) >= 11 is 12.2. The molecule has 0 N–H and O–H groups in total. The number of pyridine rings is 1. The zero-order chi connectivity index (χ0) is 21.5. The van der Waals surface area contributed by atoms with Gasteiger partial charge in [0.05, 0.1) is 28.6 Å². The van der Waals surface area contributed by atoms with Crippen LogP contribution in [0.5, 0.6) is 0 Å². The van der Waals surface area contributed by atoms with E-state index in [0.29, 0.717) is 29.7 Å². The van der Waals surface area contributed by atoms with Crippen molar-refractivity contribution in [3.63, 3.8) is 0 Å². The zero-order valence-electron chi connectivity index (χ0n) is 17.1. The number of amides is 1. The second-order valence-corrected chi connectivity index (χ2v) is 9.17. The summed E-state index contributed by atoms with van der Waals surface area (Å²) in [5.74, 6) is 0.359. The smallest absolute Gasteiger partial charge is 0.410 e. The number of hydrogen-bond donors (Lipinski definition) is 0. The quantitative estimate of drug-likeness (QED) is 0.503. The fraction of sp³-hybridized carbons (Fsp3) is 0.429. The van der Waals surface area contributed by atoms with Crippen molar-refractivity contribution in [2.75, 3.05) is 13.1 Å². The normalized spacial score (nSPS) is 15.6. The SMILES string of the molecule is CC(C)(C)OC(=O)N1CCC(c2ccc3c(-c4nc(Cl)ncc4Cl)cnn3c2)CC1. The van der Waals surface area contributed by atoms with Gasteiger partial charge in [-0.2, -0.15) is 5.10 Å². The van der Waals surface area contributed by atoms with Crippen LogP contribution in [-0.2, 0) is 4.74 Å². The van der Waals surface area contributed by atoms with Gasteiger partial charge in [0.2, 0.25) is 5.28 Å². The molecule has 9 heteroatoms. The number of ether oxygens (including phenoxy) is 1. The number of fused-ring (bicyclic) bond motifs is 1. The molecule has 1 aliphatic heterocycles. The molecule has 7 nitrogen and oxygen atoms in total. The number of piperidine rings is 1. The van der Waals surface area contributed by atoms with Crippen LogP contribution < -0.4 is 0 Å². The minimum absolute atomic E-state index is 0.141. The Morgan fingerprint density at radius 3 is 2.60 bits per heavy atom. The van der Waals surface area contributed by atoms with Crippen LogP contribution in [0.15, 0.2) is 30.7 Å². The van der Waals surface area contributed by atoms with Gasteiger partial charge in [0.15, 0.2) is 0 Å². The van der Waals surface area contributed by atoms with Gasteiger partial charge >= 0.3 is 6.09 Å². The molecule has 4 heterocycles. The molecule has 0 aromatic carbocycles. The molecule has 1 amide bonds. The third kappa shape index (κ3) is 4.37. The fourth-order valence-corrected chi connectivity index (χ4v) is 4.01. The molecule has 0 unspecified atom stereocenters. The van der Waals surface area contributed by atoms with Crippen molar-refractivity contribution in [3.8, 4) is 11.3 Å². The topological polar surface area (TPSA) is 72.6 Å². The number of nitrogens with zero attached hydrogens (tertiary/aromatic N) is 5. The maximum Gasteiger partial charge on any atom is 0.410 e. The number of halogens is 2. The van der Waals surface area contributed by atoms with Crippen LogP contribution in [0.4, 0.5) is 4.79 Å². The van der Waals surface area contributed by atoms with Crippen molar-refractivity contribution >= 4 is 34.8 Å². The first-order chi connectivity index (χ1) is 14.2. The molecule has 1 aliphatic rings. The van der Waals surface area contributed by atoms with Gasteiger partial charge in [0, 0.05) is 24.8 Å². The van der Waals surface area contributed by atoms with Crippen LogP contribution in [-0.4, -0.2) is 49.3 Å². The van der Waals surface area contributed by atoms with E-state index in [0.717, 1.165) is 23.9 Å². The molecule has 30 heavy (non-hydrogen) atoms. The van der Waals surface area contributed by atoms with Gasteiger partial charge in [-0.15, -0.1) is 0 Å². The maximum absolute atomic E-state index is 12.3. The summed E-state index contributed by atoms with van der Waals surface area (Å²) in [4.78, 5) is 22.2. The van der Waals surface area contributed by atoms with Crippen LogP contribution in [0.3, 0.4) is 0 Å². The van der Waals surface area contributed by atoms with E-state index < -0.39 is 5.60 Å². The summed E-state index contributed by atoms with van der Waals surface area (Å²) < 4.78 is 7.31. The molecule has 0 bridgehead atoms. The largest absolute Gasteiger partial charge is 0.444 e. The van der Waals surface area contributed by atoms with Gasteiger partial charge in [-0.05, 0) is 62.8 Å². The highest BCUT2D eigenvalue weighted by Crippen LogP contribution is 2.32. The van der Waals surface area contributed by atoms with Gasteiger partial charge in [0.1, 0.15) is 5.60 Å². The van der Waals surface area contributed by atoms with Gasteiger partial charge in [-0.1, -0.05) is 17.7 Å². The Hall–Kier alpha value is -2.38. The Labute approximate surface area is 185 Å². The first kappa shape index (κ1) is 20.9. The number of carbonyl (C=O) groups is 1. The highest BCUT2D eigenvalue weighted by Gasteiger charge is 2.27. The summed E-state index contributed by atoms with van der Waals surface area (Å²) in [5, 5.41) is 5.04. The lowest BCUT2D eigenvalue weighted by atomic mass is 9.90. The van der Waals surface area contributed by atoms with E-state index in [1.807, 2.05) is 37.5 Å². The summed E-state index contributed by atoms with van der Waals surface area (Å²) in [6, 6.07) is 4.12. The van der Waals surface area contributed by atoms with Crippen molar-refractivity contribution in [1.82, 2.24) is 24.5 Å². The number of aromatic nitrogens is 4. The molecule has 0 aliphatic carbocycles. The maximum atomic E-state index is 12.3. The highest BCUT2D eigenvalue weighted by atomic mass is 35.5. The molecule has 0 spiro atoms. The molecule has 0 atom stereocenters. The molecule has 0 radical (unpaired) electrons. The van der Waals surface area contributed by atoms with E-state index in [1.165, 1.54) is 11.8 Å². The second-order valence-electron chi connectivity index (χ2n) is 8.43. The molecule has 1 fully saturated rings. The first-order valence-corrected chi connectivity index (χ1v) is 10.6.